The summed E-state index contributed by atoms with van der Waals surface area (Å²) >= 11 is 0. The summed E-state index contributed by atoms with van der Waals surface area (Å²) in [6.07, 6.45) is 4.67. The highest BCUT2D eigenvalue weighted by Gasteiger charge is 2.25. The van der Waals surface area contributed by atoms with Crippen molar-refractivity contribution in [2.24, 2.45) is 0 Å². The minimum absolute atomic E-state index is 0.0553. The van der Waals surface area contributed by atoms with Crippen LogP contribution in [0, 0.1) is 0 Å². The van der Waals surface area contributed by atoms with Crippen LogP contribution in [0.4, 0.5) is 22.1 Å². The van der Waals surface area contributed by atoms with Crippen molar-refractivity contribution in [1.29, 1.82) is 0 Å². The maximum Gasteiger partial charge on any atom is 0.321 e. The number of nitrogens with zero attached hydrogens (tertiary/aromatic N) is 6. The van der Waals surface area contributed by atoms with Crippen molar-refractivity contribution in [3.05, 3.63) is 42.7 Å². The van der Waals surface area contributed by atoms with Crippen molar-refractivity contribution in [1.82, 2.24) is 19.8 Å². The van der Waals surface area contributed by atoms with Crippen molar-refractivity contribution in [2.75, 3.05) is 68.5 Å². The van der Waals surface area contributed by atoms with Gasteiger partial charge in [-0.2, -0.15) is 0 Å². The molecule has 2 aromatic rings. The number of amides is 2. The lowest BCUT2D eigenvalue weighted by Gasteiger charge is -2.34. The average Bonchev–Trinajstić information content (AvgIpc) is 3.26. The minimum Gasteiger partial charge on any atom is -0.370 e. The summed E-state index contributed by atoms with van der Waals surface area (Å²) in [5.74, 6) is 0.724. The van der Waals surface area contributed by atoms with Gasteiger partial charge < -0.3 is 24.9 Å². The van der Waals surface area contributed by atoms with Crippen molar-refractivity contribution in [3.63, 3.8) is 0 Å². The first-order chi connectivity index (χ1) is 14.1. The zero-order valence-corrected chi connectivity index (χ0v) is 17.2. The van der Waals surface area contributed by atoms with Gasteiger partial charge in [0.05, 0.1) is 0 Å². The Bertz CT molecular complexity index is 804. The third-order valence-electron chi connectivity index (χ3n) is 5.78. The molecule has 1 aromatic carbocycles. The van der Waals surface area contributed by atoms with Crippen molar-refractivity contribution in [2.45, 2.75) is 12.5 Å². The monoisotopic (exact) mass is 395 g/mol. The molecule has 29 heavy (non-hydrogen) atoms. The summed E-state index contributed by atoms with van der Waals surface area (Å²) in [6, 6.07) is 10.5. The van der Waals surface area contributed by atoms with E-state index in [0.717, 1.165) is 37.8 Å². The summed E-state index contributed by atoms with van der Waals surface area (Å²) in [4.78, 5) is 29.8. The van der Waals surface area contributed by atoms with E-state index in [2.05, 4.69) is 56.2 Å². The summed E-state index contributed by atoms with van der Waals surface area (Å²) in [5.41, 5.74) is 2.04. The van der Waals surface area contributed by atoms with E-state index >= 15 is 0 Å². The number of aromatic nitrogens is 2. The Morgan fingerprint density at radius 2 is 1.69 bits per heavy atom. The highest BCUT2D eigenvalue weighted by atomic mass is 16.2. The van der Waals surface area contributed by atoms with Crippen LogP contribution in [0.1, 0.15) is 6.42 Å². The van der Waals surface area contributed by atoms with Gasteiger partial charge in [0.25, 0.3) is 0 Å². The molecule has 8 heteroatoms. The maximum absolute atomic E-state index is 12.6. The molecule has 0 radical (unpaired) electrons. The lowest BCUT2D eigenvalue weighted by Crippen LogP contribution is -2.50. The predicted octanol–water partition coefficient (Wildman–Crippen LogP) is 1.97. The Hall–Kier alpha value is -2.87. The molecule has 1 atom stereocenters. The van der Waals surface area contributed by atoms with Crippen molar-refractivity contribution in [3.8, 4) is 0 Å². The van der Waals surface area contributed by atoms with E-state index in [1.807, 2.05) is 23.1 Å². The van der Waals surface area contributed by atoms with Gasteiger partial charge in [0.15, 0.2) is 0 Å². The molecule has 0 aliphatic carbocycles. The Labute approximate surface area is 172 Å². The first-order valence-corrected chi connectivity index (χ1v) is 10.2. The molecular weight excluding hydrogens is 366 g/mol. The van der Waals surface area contributed by atoms with Crippen LogP contribution in [0.15, 0.2) is 42.7 Å². The highest BCUT2D eigenvalue weighted by molar-refractivity contribution is 5.89. The molecule has 3 heterocycles. The number of rotatable bonds is 4. The molecule has 4 rings (SSSR count). The second kappa shape index (κ2) is 8.65. The number of anilines is 3. The molecule has 2 saturated heterocycles. The van der Waals surface area contributed by atoms with Gasteiger partial charge in [0.1, 0.15) is 0 Å². The standard InChI is InChI=1S/C21H29N7O/c1-25(2)19-8-11-28(16-19)18-6-4-17(5-7-18)24-21(29)27-14-12-26(13-15-27)20-22-9-3-10-23-20/h3-7,9-10,19H,8,11-16H2,1-2H3,(H,24,29). The van der Waals surface area contributed by atoms with E-state index < -0.39 is 0 Å². The number of nitrogens with one attached hydrogen (secondary N) is 1. The molecule has 1 unspecified atom stereocenters. The first-order valence-electron chi connectivity index (χ1n) is 10.2. The van der Waals surface area contributed by atoms with Gasteiger partial charge in [0, 0.05) is 69.1 Å². The molecule has 8 nitrogen and oxygen atoms in total. The fourth-order valence-electron chi connectivity index (χ4n) is 3.92. The normalized spacial score (nSPS) is 19.7. The number of hydrogen-bond donors (Lipinski definition) is 1. The molecule has 2 aliphatic rings. The molecule has 1 aromatic heterocycles. The number of hydrogen-bond acceptors (Lipinski definition) is 6. The fourth-order valence-corrected chi connectivity index (χ4v) is 3.92. The Kier molecular flexibility index (Phi) is 5.80. The van der Waals surface area contributed by atoms with E-state index in [9.17, 15) is 4.79 Å². The van der Waals surface area contributed by atoms with Gasteiger partial charge in [-0.15, -0.1) is 0 Å². The molecule has 0 spiro atoms. The molecule has 1 N–H and O–H groups in total. The van der Waals surface area contributed by atoms with Crippen LogP contribution in [-0.2, 0) is 0 Å². The second-order valence-corrected chi connectivity index (χ2v) is 7.85. The van der Waals surface area contributed by atoms with Gasteiger partial charge in [-0.05, 0) is 50.8 Å². The Morgan fingerprint density at radius 1 is 1.00 bits per heavy atom. The predicted molar refractivity (Wildman–Crippen MR) is 116 cm³/mol. The number of likely N-dealkylation sites (N-methyl/N-ethyl adjacent to an activating group) is 1. The van der Waals surface area contributed by atoms with E-state index in [1.165, 1.54) is 12.1 Å². The summed E-state index contributed by atoms with van der Waals surface area (Å²) < 4.78 is 0. The quantitative estimate of drug-likeness (QED) is 0.854. The molecule has 2 aliphatic heterocycles. The van der Waals surface area contributed by atoms with Gasteiger partial charge in [-0.1, -0.05) is 0 Å². The number of urea groups is 1. The first kappa shape index (κ1) is 19.4. The number of benzene rings is 1. The SMILES string of the molecule is CN(C)C1CCN(c2ccc(NC(=O)N3CCN(c4ncccn4)CC3)cc2)C1. The molecule has 2 amide bonds. The molecule has 2 fully saturated rings. The third kappa shape index (κ3) is 4.59. The molecule has 0 saturated carbocycles. The van der Waals surface area contributed by atoms with Crippen LogP contribution in [0.5, 0.6) is 0 Å². The zero-order valence-electron chi connectivity index (χ0n) is 17.2. The van der Waals surface area contributed by atoms with Crippen LogP contribution in [0.25, 0.3) is 0 Å². The minimum atomic E-state index is -0.0553. The number of carbonyl (C=O) groups is 1. The third-order valence-corrected chi connectivity index (χ3v) is 5.78. The van der Waals surface area contributed by atoms with Gasteiger partial charge in [0.2, 0.25) is 5.95 Å². The van der Waals surface area contributed by atoms with Gasteiger partial charge in [-0.25, -0.2) is 14.8 Å². The lowest BCUT2D eigenvalue weighted by atomic mass is 10.2. The lowest BCUT2D eigenvalue weighted by molar-refractivity contribution is 0.208. The largest absolute Gasteiger partial charge is 0.370 e. The van der Waals surface area contributed by atoms with E-state index in [-0.39, 0.29) is 6.03 Å². The topological polar surface area (TPSA) is 67.8 Å². The summed E-state index contributed by atoms with van der Waals surface area (Å²) in [6.45, 7) is 4.90. The maximum atomic E-state index is 12.6. The Balaban J connectivity index is 1.28. The van der Waals surface area contributed by atoms with Crippen LogP contribution < -0.4 is 15.1 Å². The number of carbonyl (C=O) groups excluding carboxylic acids is 1. The fraction of sp³-hybridized carbons (Fsp3) is 0.476. The van der Waals surface area contributed by atoms with Crippen LogP contribution in [0.3, 0.4) is 0 Å². The van der Waals surface area contributed by atoms with Gasteiger partial charge >= 0.3 is 6.03 Å². The Morgan fingerprint density at radius 3 is 2.31 bits per heavy atom. The molecule has 0 bridgehead atoms. The van der Waals surface area contributed by atoms with Crippen molar-refractivity contribution < 1.29 is 4.79 Å². The summed E-state index contributed by atoms with van der Waals surface area (Å²) in [5, 5.41) is 3.02. The van der Waals surface area contributed by atoms with Crippen LogP contribution in [0.2, 0.25) is 0 Å². The zero-order chi connectivity index (χ0) is 20.2. The van der Waals surface area contributed by atoms with Crippen molar-refractivity contribution >= 4 is 23.4 Å². The molecular formula is C21H29N7O. The van der Waals surface area contributed by atoms with Gasteiger partial charge in [-0.3, -0.25) is 0 Å². The second-order valence-electron chi connectivity index (χ2n) is 7.85. The smallest absolute Gasteiger partial charge is 0.321 e. The van der Waals surface area contributed by atoms with Crippen LogP contribution in [-0.4, -0.2) is 85.2 Å². The average molecular weight is 396 g/mol. The summed E-state index contributed by atoms with van der Waals surface area (Å²) in [7, 11) is 4.28. The molecule has 154 valence electrons. The van der Waals surface area contributed by atoms with E-state index in [4.69, 9.17) is 0 Å². The highest BCUT2D eigenvalue weighted by Crippen LogP contribution is 2.24. The van der Waals surface area contributed by atoms with E-state index in [1.54, 1.807) is 12.4 Å². The van der Waals surface area contributed by atoms with Crippen LogP contribution >= 0.6 is 0 Å². The van der Waals surface area contributed by atoms with E-state index in [0.29, 0.717) is 19.1 Å². The number of piperazine rings is 1.